The summed E-state index contributed by atoms with van der Waals surface area (Å²) in [6.07, 6.45) is 7.01. The molecule has 0 bridgehead atoms. The van der Waals surface area contributed by atoms with E-state index in [9.17, 15) is 4.79 Å². The molecular weight excluding hydrogens is 324 g/mol. The topological polar surface area (TPSA) is 58.1 Å². The fourth-order valence-corrected chi connectivity index (χ4v) is 3.06. The van der Waals surface area contributed by atoms with Gasteiger partial charge in [0.15, 0.2) is 0 Å². The van der Waals surface area contributed by atoms with E-state index in [4.69, 9.17) is 0 Å². The van der Waals surface area contributed by atoms with Crippen LogP contribution in [0.2, 0.25) is 0 Å². The minimum atomic E-state index is 0.00320. The van der Waals surface area contributed by atoms with Crippen molar-refractivity contribution in [2.75, 3.05) is 18.4 Å². The quantitative estimate of drug-likeness (QED) is 0.714. The van der Waals surface area contributed by atoms with E-state index in [0.29, 0.717) is 11.5 Å². The van der Waals surface area contributed by atoms with Gasteiger partial charge in [0.05, 0.1) is 5.56 Å². The van der Waals surface area contributed by atoms with Crippen LogP contribution in [-0.4, -0.2) is 33.9 Å². The maximum Gasteiger partial charge on any atom is 0.256 e. The van der Waals surface area contributed by atoms with Crippen molar-refractivity contribution in [1.82, 2.24) is 14.9 Å². The predicted octanol–water partition coefficient (Wildman–Crippen LogP) is 4.61. The minimum Gasteiger partial charge on any atom is -0.339 e. The van der Waals surface area contributed by atoms with Crippen molar-refractivity contribution in [2.24, 2.45) is 0 Å². The van der Waals surface area contributed by atoms with Gasteiger partial charge in [0.25, 0.3) is 5.91 Å². The Hall–Kier alpha value is -2.43. The SMILES string of the molecule is CCCN(CCC)C(=O)c1cnc(Nc2c(CC)cccc2CC)nc1. The van der Waals surface area contributed by atoms with E-state index >= 15 is 0 Å². The van der Waals surface area contributed by atoms with Gasteiger partial charge in [-0.05, 0) is 36.8 Å². The third-order valence-corrected chi connectivity index (χ3v) is 4.41. The number of amides is 1. The maximum atomic E-state index is 12.6. The Kier molecular flexibility index (Phi) is 7.57. The van der Waals surface area contributed by atoms with Crippen LogP contribution < -0.4 is 5.32 Å². The van der Waals surface area contributed by atoms with Crippen molar-refractivity contribution >= 4 is 17.5 Å². The number of carbonyl (C=O) groups excluding carboxylic acids is 1. The zero-order valence-electron chi connectivity index (χ0n) is 16.4. The number of benzene rings is 1. The van der Waals surface area contributed by atoms with Crippen LogP contribution in [0.25, 0.3) is 0 Å². The average molecular weight is 354 g/mol. The highest BCUT2D eigenvalue weighted by atomic mass is 16.2. The van der Waals surface area contributed by atoms with E-state index in [1.807, 2.05) is 4.90 Å². The highest BCUT2D eigenvalue weighted by molar-refractivity contribution is 5.93. The summed E-state index contributed by atoms with van der Waals surface area (Å²) in [7, 11) is 0. The van der Waals surface area contributed by atoms with E-state index in [-0.39, 0.29) is 5.91 Å². The number of aryl methyl sites for hydroxylation is 2. The summed E-state index contributed by atoms with van der Waals surface area (Å²) in [5.74, 6) is 0.526. The summed E-state index contributed by atoms with van der Waals surface area (Å²) in [6.45, 7) is 9.95. The van der Waals surface area contributed by atoms with Gasteiger partial charge in [-0.25, -0.2) is 9.97 Å². The van der Waals surface area contributed by atoms with Gasteiger partial charge >= 0.3 is 0 Å². The number of rotatable bonds is 9. The van der Waals surface area contributed by atoms with E-state index in [2.05, 4.69) is 61.2 Å². The van der Waals surface area contributed by atoms with Gasteiger partial charge in [0, 0.05) is 31.2 Å². The number of para-hydroxylation sites is 1. The Labute approximate surface area is 156 Å². The maximum absolute atomic E-state index is 12.6. The Bertz CT molecular complexity index is 684. The van der Waals surface area contributed by atoms with Gasteiger partial charge in [-0.15, -0.1) is 0 Å². The molecule has 5 heteroatoms. The largest absolute Gasteiger partial charge is 0.339 e. The summed E-state index contributed by atoms with van der Waals surface area (Å²) in [4.78, 5) is 23.2. The normalized spacial score (nSPS) is 10.6. The molecule has 1 aromatic carbocycles. The molecule has 1 N–H and O–H groups in total. The van der Waals surface area contributed by atoms with Crippen molar-refractivity contribution in [3.8, 4) is 0 Å². The highest BCUT2D eigenvalue weighted by Crippen LogP contribution is 2.25. The standard InChI is InChI=1S/C21H30N4O/c1-5-12-25(13-6-2)20(26)18-14-22-21(23-15-18)24-19-16(7-3)10-9-11-17(19)8-4/h9-11,14-15H,5-8,12-13H2,1-4H3,(H,22,23,24). The van der Waals surface area contributed by atoms with E-state index in [1.54, 1.807) is 12.4 Å². The van der Waals surface area contributed by atoms with Gasteiger partial charge in [-0.3, -0.25) is 4.79 Å². The smallest absolute Gasteiger partial charge is 0.256 e. The lowest BCUT2D eigenvalue weighted by Gasteiger charge is -2.21. The molecular formula is C21H30N4O. The molecule has 0 saturated carbocycles. The summed E-state index contributed by atoms with van der Waals surface area (Å²) in [6, 6.07) is 6.32. The summed E-state index contributed by atoms with van der Waals surface area (Å²) in [5.41, 5.74) is 4.10. The van der Waals surface area contributed by atoms with Crippen LogP contribution in [0, 0.1) is 0 Å². The first-order chi connectivity index (χ1) is 12.6. The molecule has 0 spiro atoms. The monoisotopic (exact) mass is 354 g/mol. The fraction of sp³-hybridized carbons (Fsp3) is 0.476. The minimum absolute atomic E-state index is 0.00320. The zero-order chi connectivity index (χ0) is 18.9. The first-order valence-corrected chi connectivity index (χ1v) is 9.63. The second kappa shape index (κ2) is 9.90. The van der Waals surface area contributed by atoms with Crippen molar-refractivity contribution in [2.45, 2.75) is 53.4 Å². The van der Waals surface area contributed by atoms with Crippen LogP contribution in [-0.2, 0) is 12.8 Å². The summed E-state index contributed by atoms with van der Waals surface area (Å²) in [5, 5.41) is 3.34. The first kappa shape index (κ1) is 19.9. The van der Waals surface area contributed by atoms with Crippen molar-refractivity contribution < 1.29 is 4.79 Å². The van der Waals surface area contributed by atoms with Crippen LogP contribution in [0.3, 0.4) is 0 Å². The Balaban J connectivity index is 2.19. The highest BCUT2D eigenvalue weighted by Gasteiger charge is 2.15. The Morgan fingerprint density at radius 2 is 1.50 bits per heavy atom. The summed E-state index contributed by atoms with van der Waals surface area (Å²) < 4.78 is 0. The number of nitrogens with one attached hydrogen (secondary N) is 1. The number of aromatic nitrogens is 2. The van der Waals surface area contributed by atoms with E-state index < -0.39 is 0 Å². The second-order valence-electron chi connectivity index (χ2n) is 6.37. The van der Waals surface area contributed by atoms with Crippen molar-refractivity contribution in [3.05, 3.63) is 47.3 Å². The van der Waals surface area contributed by atoms with Gasteiger partial charge in [0.1, 0.15) is 0 Å². The predicted molar refractivity (Wildman–Crippen MR) is 107 cm³/mol. The lowest BCUT2D eigenvalue weighted by molar-refractivity contribution is 0.0754. The number of nitrogens with zero attached hydrogens (tertiary/aromatic N) is 3. The molecule has 0 radical (unpaired) electrons. The number of hydrogen-bond acceptors (Lipinski definition) is 4. The molecule has 26 heavy (non-hydrogen) atoms. The lowest BCUT2D eigenvalue weighted by atomic mass is 10.0. The van der Waals surface area contributed by atoms with Gasteiger partial charge in [0.2, 0.25) is 5.95 Å². The molecule has 0 aliphatic heterocycles. The lowest BCUT2D eigenvalue weighted by Crippen LogP contribution is -2.32. The first-order valence-electron chi connectivity index (χ1n) is 9.63. The molecule has 0 saturated heterocycles. The number of carbonyl (C=O) groups is 1. The van der Waals surface area contributed by atoms with Gasteiger partial charge in [-0.1, -0.05) is 45.9 Å². The van der Waals surface area contributed by atoms with Crippen LogP contribution >= 0.6 is 0 Å². The Morgan fingerprint density at radius 1 is 0.962 bits per heavy atom. The second-order valence-corrected chi connectivity index (χ2v) is 6.37. The Morgan fingerprint density at radius 3 is 1.96 bits per heavy atom. The fourth-order valence-electron chi connectivity index (χ4n) is 3.06. The van der Waals surface area contributed by atoms with Crippen LogP contribution in [0.1, 0.15) is 62.0 Å². The molecule has 0 fully saturated rings. The average Bonchev–Trinajstić information content (AvgIpc) is 2.68. The number of hydrogen-bond donors (Lipinski definition) is 1. The molecule has 2 rings (SSSR count). The van der Waals surface area contributed by atoms with E-state index in [1.165, 1.54) is 11.1 Å². The molecule has 1 amide bonds. The van der Waals surface area contributed by atoms with Gasteiger partial charge in [-0.2, -0.15) is 0 Å². The van der Waals surface area contributed by atoms with Crippen LogP contribution in [0.5, 0.6) is 0 Å². The molecule has 0 aliphatic rings. The number of anilines is 2. The molecule has 1 heterocycles. The van der Waals surface area contributed by atoms with Gasteiger partial charge < -0.3 is 10.2 Å². The van der Waals surface area contributed by atoms with Crippen molar-refractivity contribution in [3.63, 3.8) is 0 Å². The molecule has 1 aromatic heterocycles. The van der Waals surface area contributed by atoms with Crippen molar-refractivity contribution in [1.29, 1.82) is 0 Å². The zero-order valence-corrected chi connectivity index (χ0v) is 16.4. The molecule has 0 aliphatic carbocycles. The third-order valence-electron chi connectivity index (χ3n) is 4.41. The van der Waals surface area contributed by atoms with Crippen LogP contribution in [0.15, 0.2) is 30.6 Å². The molecule has 0 atom stereocenters. The molecule has 140 valence electrons. The van der Waals surface area contributed by atoms with E-state index in [0.717, 1.165) is 44.5 Å². The molecule has 0 unspecified atom stereocenters. The molecule has 5 nitrogen and oxygen atoms in total. The molecule has 2 aromatic rings. The van der Waals surface area contributed by atoms with Crippen LogP contribution in [0.4, 0.5) is 11.6 Å². The third kappa shape index (κ3) is 4.81. The summed E-state index contributed by atoms with van der Waals surface area (Å²) >= 11 is 0.